The number of carbonyl (C=O) groups is 2. The number of hydrogen-bond acceptors (Lipinski definition) is 3. The summed E-state index contributed by atoms with van der Waals surface area (Å²) in [4.78, 5) is 27.4. The van der Waals surface area contributed by atoms with Gasteiger partial charge in [0.05, 0.1) is 6.10 Å². The quantitative estimate of drug-likeness (QED) is 0.652. The van der Waals surface area contributed by atoms with Crippen molar-refractivity contribution >= 4 is 11.8 Å². The maximum Gasteiger partial charge on any atom is 0.253 e. The lowest BCUT2D eigenvalue weighted by atomic mass is 9.99. The summed E-state index contributed by atoms with van der Waals surface area (Å²) in [5.74, 6) is 0.0445. The van der Waals surface area contributed by atoms with Crippen LogP contribution in [0.4, 0.5) is 0 Å². The summed E-state index contributed by atoms with van der Waals surface area (Å²) < 4.78 is 6.18. The molecule has 1 aliphatic carbocycles. The zero-order chi connectivity index (χ0) is 21.5. The van der Waals surface area contributed by atoms with Crippen molar-refractivity contribution in [2.45, 2.75) is 63.7 Å². The van der Waals surface area contributed by atoms with Crippen LogP contribution in [0.15, 0.2) is 54.6 Å². The van der Waals surface area contributed by atoms with Gasteiger partial charge in [-0.15, -0.1) is 0 Å². The summed E-state index contributed by atoms with van der Waals surface area (Å²) in [5.41, 5.74) is 3.47. The third-order valence-corrected chi connectivity index (χ3v) is 6.32. The zero-order valence-electron chi connectivity index (χ0n) is 18.1. The van der Waals surface area contributed by atoms with E-state index in [-0.39, 0.29) is 17.9 Å². The van der Waals surface area contributed by atoms with Crippen LogP contribution in [0.1, 0.15) is 61.3 Å². The number of hydrogen-bond donors (Lipinski definition) is 1. The van der Waals surface area contributed by atoms with Gasteiger partial charge in [0.1, 0.15) is 0 Å². The molecule has 1 saturated carbocycles. The second-order valence-electron chi connectivity index (χ2n) is 8.56. The first-order valence-corrected chi connectivity index (χ1v) is 11.5. The Labute approximate surface area is 184 Å². The molecule has 4 rings (SSSR count). The highest BCUT2D eigenvalue weighted by molar-refractivity contribution is 5.82. The lowest BCUT2D eigenvalue weighted by Crippen LogP contribution is -2.37. The SMILES string of the molecule is O=C(NCCCC(=O)N1CCc2ccccc2C1)C(OC1CCCC1)c1ccccc1. The van der Waals surface area contributed by atoms with E-state index < -0.39 is 6.10 Å². The highest BCUT2D eigenvalue weighted by Crippen LogP contribution is 2.28. The van der Waals surface area contributed by atoms with Gasteiger partial charge in [0, 0.05) is 26.1 Å². The van der Waals surface area contributed by atoms with Gasteiger partial charge in [-0.05, 0) is 42.4 Å². The molecule has 0 radical (unpaired) electrons. The molecule has 1 aliphatic heterocycles. The van der Waals surface area contributed by atoms with Crippen LogP contribution in [0.3, 0.4) is 0 Å². The predicted molar refractivity (Wildman–Crippen MR) is 120 cm³/mol. The third-order valence-electron chi connectivity index (χ3n) is 6.32. The summed E-state index contributed by atoms with van der Waals surface area (Å²) >= 11 is 0. The average molecular weight is 421 g/mol. The molecule has 1 unspecified atom stereocenters. The third kappa shape index (κ3) is 5.73. The lowest BCUT2D eigenvalue weighted by Gasteiger charge is -2.29. The number of fused-ring (bicyclic) bond motifs is 1. The number of amides is 2. The fraction of sp³-hybridized carbons (Fsp3) is 0.462. The van der Waals surface area contributed by atoms with E-state index in [1.54, 1.807) is 0 Å². The van der Waals surface area contributed by atoms with E-state index in [1.165, 1.54) is 11.1 Å². The standard InChI is InChI=1S/C26H32N2O3/c29-24(28-18-16-20-9-4-5-12-22(20)19-28)15-8-17-27-26(30)25(21-10-2-1-3-11-21)31-23-13-6-7-14-23/h1-5,9-12,23,25H,6-8,13-19H2,(H,27,30). The minimum absolute atomic E-state index is 0.113. The Bertz CT molecular complexity index is 877. The molecule has 0 saturated heterocycles. The van der Waals surface area contributed by atoms with Gasteiger partial charge in [0.2, 0.25) is 5.91 Å². The zero-order valence-corrected chi connectivity index (χ0v) is 18.1. The van der Waals surface area contributed by atoms with Crippen molar-refractivity contribution in [3.05, 3.63) is 71.3 Å². The van der Waals surface area contributed by atoms with Crippen molar-refractivity contribution in [3.8, 4) is 0 Å². The molecule has 0 spiro atoms. The van der Waals surface area contributed by atoms with E-state index in [2.05, 4.69) is 23.5 Å². The minimum atomic E-state index is -0.585. The van der Waals surface area contributed by atoms with Crippen LogP contribution in [0.2, 0.25) is 0 Å². The normalized spacial score (nSPS) is 17.2. The molecule has 0 bridgehead atoms. The van der Waals surface area contributed by atoms with Gasteiger partial charge in [-0.3, -0.25) is 9.59 Å². The minimum Gasteiger partial charge on any atom is -0.360 e. The van der Waals surface area contributed by atoms with Crippen LogP contribution in [0.5, 0.6) is 0 Å². The van der Waals surface area contributed by atoms with Crippen LogP contribution in [0.25, 0.3) is 0 Å². The molecule has 2 aliphatic rings. The van der Waals surface area contributed by atoms with E-state index in [4.69, 9.17) is 4.74 Å². The second-order valence-corrected chi connectivity index (χ2v) is 8.56. The summed E-state index contributed by atoms with van der Waals surface area (Å²) in [5, 5.41) is 2.99. The van der Waals surface area contributed by atoms with Gasteiger partial charge in [-0.2, -0.15) is 0 Å². The van der Waals surface area contributed by atoms with Crippen LogP contribution < -0.4 is 5.32 Å². The molecule has 2 aromatic carbocycles. The van der Waals surface area contributed by atoms with Crippen molar-refractivity contribution in [2.75, 3.05) is 13.1 Å². The number of nitrogens with zero attached hydrogens (tertiary/aromatic N) is 1. The summed E-state index contributed by atoms with van der Waals surface area (Å²) in [7, 11) is 0. The summed E-state index contributed by atoms with van der Waals surface area (Å²) in [6.07, 6.45) is 5.92. The molecule has 2 aromatic rings. The Balaban J connectivity index is 1.25. The van der Waals surface area contributed by atoms with Gasteiger partial charge in [0.15, 0.2) is 6.10 Å². The van der Waals surface area contributed by atoms with Crippen molar-refractivity contribution < 1.29 is 14.3 Å². The van der Waals surface area contributed by atoms with E-state index in [9.17, 15) is 9.59 Å². The highest BCUT2D eigenvalue weighted by Gasteiger charge is 2.27. The van der Waals surface area contributed by atoms with Crippen LogP contribution in [-0.4, -0.2) is 35.9 Å². The maximum absolute atomic E-state index is 12.9. The van der Waals surface area contributed by atoms with Crippen LogP contribution in [-0.2, 0) is 27.3 Å². The first-order valence-electron chi connectivity index (χ1n) is 11.5. The lowest BCUT2D eigenvalue weighted by molar-refractivity contribution is -0.137. The molecule has 1 fully saturated rings. The van der Waals surface area contributed by atoms with E-state index in [0.29, 0.717) is 25.9 Å². The van der Waals surface area contributed by atoms with Crippen LogP contribution in [0, 0.1) is 0 Å². The van der Waals surface area contributed by atoms with E-state index >= 15 is 0 Å². The molecule has 5 heteroatoms. The largest absolute Gasteiger partial charge is 0.360 e. The molecule has 1 N–H and O–H groups in total. The van der Waals surface area contributed by atoms with Gasteiger partial charge < -0.3 is 15.0 Å². The Hall–Kier alpha value is -2.66. The molecule has 0 aromatic heterocycles. The number of nitrogens with one attached hydrogen (secondary N) is 1. The number of ether oxygens (including phenoxy) is 1. The van der Waals surface area contributed by atoms with Gasteiger partial charge >= 0.3 is 0 Å². The van der Waals surface area contributed by atoms with E-state index in [1.807, 2.05) is 41.3 Å². The molecule has 1 heterocycles. The second kappa shape index (κ2) is 10.6. The molecule has 2 amide bonds. The maximum atomic E-state index is 12.9. The monoisotopic (exact) mass is 420 g/mol. The number of carbonyl (C=O) groups excluding carboxylic acids is 2. The van der Waals surface area contributed by atoms with E-state index in [0.717, 1.165) is 44.2 Å². The topological polar surface area (TPSA) is 58.6 Å². The Kier molecular flexibility index (Phi) is 7.36. The fourth-order valence-electron chi connectivity index (χ4n) is 4.55. The Morgan fingerprint density at radius 3 is 2.48 bits per heavy atom. The molecular weight excluding hydrogens is 388 g/mol. The van der Waals surface area contributed by atoms with Crippen molar-refractivity contribution in [1.82, 2.24) is 10.2 Å². The predicted octanol–water partition coefficient (Wildman–Crippen LogP) is 4.17. The van der Waals surface area contributed by atoms with Crippen LogP contribution >= 0.6 is 0 Å². The smallest absolute Gasteiger partial charge is 0.253 e. The fourth-order valence-corrected chi connectivity index (χ4v) is 4.55. The average Bonchev–Trinajstić information content (AvgIpc) is 3.33. The van der Waals surface area contributed by atoms with Gasteiger partial charge in [-0.1, -0.05) is 67.4 Å². The Morgan fingerprint density at radius 2 is 1.71 bits per heavy atom. The number of benzene rings is 2. The Morgan fingerprint density at radius 1 is 1.00 bits per heavy atom. The summed E-state index contributed by atoms with van der Waals surface area (Å²) in [6.45, 7) is 1.94. The molecule has 1 atom stereocenters. The van der Waals surface area contributed by atoms with Crippen molar-refractivity contribution in [1.29, 1.82) is 0 Å². The molecule has 31 heavy (non-hydrogen) atoms. The summed E-state index contributed by atoms with van der Waals surface area (Å²) in [6, 6.07) is 18.0. The highest BCUT2D eigenvalue weighted by atomic mass is 16.5. The first-order chi connectivity index (χ1) is 15.2. The van der Waals surface area contributed by atoms with Gasteiger partial charge in [-0.25, -0.2) is 0 Å². The molecule has 5 nitrogen and oxygen atoms in total. The van der Waals surface area contributed by atoms with Gasteiger partial charge in [0.25, 0.3) is 5.91 Å². The number of rotatable bonds is 8. The van der Waals surface area contributed by atoms with Crippen molar-refractivity contribution in [2.24, 2.45) is 0 Å². The van der Waals surface area contributed by atoms with Crippen molar-refractivity contribution in [3.63, 3.8) is 0 Å². The molecule has 164 valence electrons. The first kappa shape index (κ1) is 21.6. The molecular formula is C26H32N2O3.